The van der Waals surface area contributed by atoms with Crippen molar-refractivity contribution in [2.24, 2.45) is 5.92 Å². The van der Waals surface area contributed by atoms with Crippen molar-refractivity contribution < 1.29 is 4.79 Å². The van der Waals surface area contributed by atoms with E-state index in [4.69, 9.17) is 0 Å². The topological polar surface area (TPSA) is 29.1 Å². The van der Waals surface area contributed by atoms with Crippen molar-refractivity contribution >= 4 is 28.5 Å². The van der Waals surface area contributed by atoms with Gasteiger partial charge in [0.2, 0.25) is 0 Å². The zero-order valence-corrected chi connectivity index (χ0v) is 12.2. The van der Waals surface area contributed by atoms with Gasteiger partial charge in [0.25, 0.3) is 5.91 Å². The van der Waals surface area contributed by atoms with Crippen LogP contribution in [0.15, 0.2) is 24.3 Å². The van der Waals surface area contributed by atoms with Gasteiger partial charge in [0.1, 0.15) is 0 Å². The quantitative estimate of drug-likeness (QED) is 0.817. The summed E-state index contributed by atoms with van der Waals surface area (Å²) in [5.74, 6) is 0.898. The Morgan fingerprint density at radius 2 is 1.88 bits per heavy atom. The molecule has 0 atom stereocenters. The molecule has 1 aromatic rings. The van der Waals surface area contributed by atoms with Gasteiger partial charge in [-0.2, -0.15) is 0 Å². The highest BCUT2D eigenvalue weighted by Gasteiger charge is 2.20. The standard InChI is InChI=1S/C14H18INO/c1-10-6-8-11(9-7-10)16-14(17)12-4-2-3-5-13(12)15/h2-5,10-11H,6-9H2,1H3,(H,16,17). The summed E-state index contributed by atoms with van der Waals surface area (Å²) >= 11 is 2.21. The average Bonchev–Trinajstić information content (AvgIpc) is 2.32. The van der Waals surface area contributed by atoms with Crippen molar-refractivity contribution in [1.29, 1.82) is 0 Å². The second-order valence-corrected chi connectivity index (χ2v) is 6.07. The van der Waals surface area contributed by atoms with Crippen LogP contribution in [-0.4, -0.2) is 11.9 Å². The Morgan fingerprint density at radius 3 is 2.53 bits per heavy atom. The molecule has 0 saturated heterocycles. The molecule has 2 rings (SSSR count). The predicted molar refractivity (Wildman–Crippen MR) is 78.0 cm³/mol. The number of halogens is 1. The van der Waals surface area contributed by atoms with Crippen molar-refractivity contribution in [1.82, 2.24) is 5.32 Å². The smallest absolute Gasteiger partial charge is 0.252 e. The lowest BCUT2D eigenvalue weighted by Gasteiger charge is -2.27. The number of carbonyl (C=O) groups excluding carboxylic acids is 1. The van der Waals surface area contributed by atoms with Gasteiger partial charge in [0.05, 0.1) is 5.56 Å². The monoisotopic (exact) mass is 343 g/mol. The minimum absolute atomic E-state index is 0.0783. The van der Waals surface area contributed by atoms with Crippen molar-refractivity contribution in [3.63, 3.8) is 0 Å². The Morgan fingerprint density at radius 1 is 1.24 bits per heavy atom. The minimum atomic E-state index is 0.0783. The van der Waals surface area contributed by atoms with Crippen LogP contribution in [0, 0.1) is 9.49 Å². The third kappa shape index (κ3) is 3.44. The molecule has 0 spiro atoms. The number of hydrogen-bond donors (Lipinski definition) is 1. The molecule has 1 aliphatic carbocycles. The Hall–Kier alpha value is -0.580. The van der Waals surface area contributed by atoms with E-state index < -0.39 is 0 Å². The summed E-state index contributed by atoms with van der Waals surface area (Å²) in [7, 11) is 0. The highest BCUT2D eigenvalue weighted by Crippen LogP contribution is 2.23. The molecule has 1 aliphatic rings. The molecule has 1 aromatic carbocycles. The first-order valence-electron chi connectivity index (χ1n) is 6.22. The molecular weight excluding hydrogens is 325 g/mol. The first kappa shape index (κ1) is 12.9. The summed E-state index contributed by atoms with van der Waals surface area (Å²) in [6.45, 7) is 2.29. The van der Waals surface area contributed by atoms with Crippen LogP contribution in [0.3, 0.4) is 0 Å². The molecule has 0 radical (unpaired) electrons. The number of benzene rings is 1. The van der Waals surface area contributed by atoms with Crippen molar-refractivity contribution in [3.05, 3.63) is 33.4 Å². The molecule has 1 N–H and O–H groups in total. The molecule has 0 bridgehead atoms. The maximum atomic E-state index is 12.1. The van der Waals surface area contributed by atoms with Crippen LogP contribution in [0.1, 0.15) is 43.0 Å². The van der Waals surface area contributed by atoms with E-state index in [0.29, 0.717) is 6.04 Å². The summed E-state index contributed by atoms with van der Waals surface area (Å²) in [6.07, 6.45) is 4.71. The molecule has 2 nitrogen and oxygen atoms in total. The number of amides is 1. The maximum absolute atomic E-state index is 12.1. The summed E-state index contributed by atoms with van der Waals surface area (Å²) in [5, 5.41) is 3.15. The molecule has 17 heavy (non-hydrogen) atoms. The summed E-state index contributed by atoms with van der Waals surface area (Å²) in [4.78, 5) is 12.1. The molecular formula is C14H18INO. The predicted octanol–water partition coefficient (Wildman–Crippen LogP) is 3.60. The Kier molecular flexibility index (Phi) is 4.42. The highest BCUT2D eigenvalue weighted by atomic mass is 127. The Bertz CT molecular complexity index is 397. The fourth-order valence-electron chi connectivity index (χ4n) is 2.31. The van der Waals surface area contributed by atoms with E-state index in [9.17, 15) is 4.79 Å². The van der Waals surface area contributed by atoms with Gasteiger partial charge < -0.3 is 5.32 Å². The SMILES string of the molecule is CC1CCC(NC(=O)c2ccccc2I)CC1. The van der Waals surface area contributed by atoms with Gasteiger partial charge in [0, 0.05) is 9.61 Å². The Balaban J connectivity index is 1.96. The molecule has 1 fully saturated rings. The lowest BCUT2D eigenvalue weighted by molar-refractivity contribution is 0.0922. The van der Waals surface area contributed by atoms with E-state index in [1.807, 2.05) is 24.3 Å². The number of rotatable bonds is 2. The van der Waals surface area contributed by atoms with Crippen molar-refractivity contribution in [2.45, 2.75) is 38.6 Å². The Labute approximate surface area is 116 Å². The normalized spacial score (nSPS) is 24.4. The highest BCUT2D eigenvalue weighted by molar-refractivity contribution is 14.1. The molecule has 1 amide bonds. The van der Waals surface area contributed by atoms with Crippen LogP contribution < -0.4 is 5.32 Å². The first-order chi connectivity index (χ1) is 8.16. The van der Waals surface area contributed by atoms with Gasteiger partial charge in [0.15, 0.2) is 0 Å². The minimum Gasteiger partial charge on any atom is -0.349 e. The average molecular weight is 343 g/mol. The third-order valence-corrected chi connectivity index (χ3v) is 4.41. The third-order valence-electron chi connectivity index (χ3n) is 3.47. The molecule has 0 aromatic heterocycles. The van der Waals surface area contributed by atoms with Crippen molar-refractivity contribution in [2.75, 3.05) is 0 Å². The summed E-state index contributed by atoms with van der Waals surface area (Å²) in [5.41, 5.74) is 0.798. The first-order valence-corrected chi connectivity index (χ1v) is 7.30. The second kappa shape index (κ2) is 5.85. The van der Waals surface area contributed by atoms with Crippen molar-refractivity contribution in [3.8, 4) is 0 Å². The molecule has 3 heteroatoms. The van der Waals surface area contributed by atoms with Crippen LogP contribution in [-0.2, 0) is 0 Å². The van der Waals surface area contributed by atoms with Crippen LogP contribution >= 0.6 is 22.6 Å². The van der Waals surface area contributed by atoms with Crippen LogP contribution in [0.5, 0.6) is 0 Å². The lowest BCUT2D eigenvalue weighted by Crippen LogP contribution is -2.37. The zero-order valence-electron chi connectivity index (χ0n) is 10.1. The maximum Gasteiger partial charge on any atom is 0.252 e. The number of carbonyl (C=O) groups is 1. The molecule has 0 heterocycles. The van der Waals surface area contributed by atoms with E-state index in [0.717, 1.165) is 27.9 Å². The van der Waals surface area contributed by atoms with Gasteiger partial charge in [-0.3, -0.25) is 4.79 Å². The molecule has 0 aliphatic heterocycles. The van der Waals surface area contributed by atoms with Gasteiger partial charge in [-0.05, 0) is 66.3 Å². The van der Waals surface area contributed by atoms with E-state index >= 15 is 0 Å². The van der Waals surface area contributed by atoms with Crippen LogP contribution in [0.4, 0.5) is 0 Å². The second-order valence-electron chi connectivity index (χ2n) is 4.91. The van der Waals surface area contributed by atoms with Gasteiger partial charge in [-0.15, -0.1) is 0 Å². The molecule has 0 unspecified atom stereocenters. The summed E-state index contributed by atoms with van der Waals surface area (Å²) in [6, 6.07) is 8.11. The van der Waals surface area contributed by atoms with Gasteiger partial charge >= 0.3 is 0 Å². The fraction of sp³-hybridized carbons (Fsp3) is 0.500. The number of hydrogen-bond acceptors (Lipinski definition) is 1. The lowest BCUT2D eigenvalue weighted by atomic mass is 9.87. The molecule has 1 saturated carbocycles. The largest absolute Gasteiger partial charge is 0.349 e. The zero-order chi connectivity index (χ0) is 12.3. The number of nitrogens with one attached hydrogen (secondary N) is 1. The van der Waals surface area contributed by atoms with Crippen LogP contribution in [0.2, 0.25) is 0 Å². The van der Waals surface area contributed by atoms with Gasteiger partial charge in [-0.25, -0.2) is 0 Å². The summed E-state index contributed by atoms with van der Waals surface area (Å²) < 4.78 is 1.02. The van der Waals surface area contributed by atoms with E-state index in [-0.39, 0.29) is 5.91 Å². The van der Waals surface area contributed by atoms with Gasteiger partial charge in [-0.1, -0.05) is 19.1 Å². The van der Waals surface area contributed by atoms with Crippen LogP contribution in [0.25, 0.3) is 0 Å². The van der Waals surface area contributed by atoms with E-state index in [2.05, 4.69) is 34.8 Å². The fourth-order valence-corrected chi connectivity index (χ4v) is 2.95. The van der Waals surface area contributed by atoms with E-state index in [1.54, 1.807) is 0 Å². The molecule has 92 valence electrons. The van der Waals surface area contributed by atoms with E-state index in [1.165, 1.54) is 12.8 Å².